The van der Waals surface area contributed by atoms with E-state index in [0.29, 0.717) is 4.68 Å². The maximum Gasteiger partial charge on any atom is 0.360 e. The van der Waals surface area contributed by atoms with E-state index in [1.165, 1.54) is 6.92 Å². The van der Waals surface area contributed by atoms with Crippen molar-refractivity contribution in [3.05, 3.63) is 61.8 Å². The zero-order valence-corrected chi connectivity index (χ0v) is 10.6. The summed E-state index contributed by atoms with van der Waals surface area (Å²) in [5.41, 5.74) is -2.83. The van der Waals surface area contributed by atoms with Gasteiger partial charge in [0.15, 0.2) is 11.5 Å². The monoisotopic (exact) mass is 293 g/mol. The Kier molecular flexibility index (Phi) is 3.49. The average molecular weight is 293 g/mol. The zero-order chi connectivity index (χ0) is 15.7. The van der Waals surface area contributed by atoms with Crippen molar-refractivity contribution in [3.63, 3.8) is 0 Å². The number of carboxylic acid groups (broad SMARTS) is 1. The number of rotatable bonds is 3. The molecule has 0 saturated carbocycles. The van der Waals surface area contributed by atoms with Crippen molar-refractivity contribution in [2.75, 3.05) is 0 Å². The molecule has 21 heavy (non-hydrogen) atoms. The van der Waals surface area contributed by atoms with E-state index in [0.717, 1.165) is 24.4 Å². The van der Waals surface area contributed by atoms with Crippen LogP contribution in [0.2, 0.25) is 0 Å². The van der Waals surface area contributed by atoms with Crippen molar-refractivity contribution in [2.24, 2.45) is 0 Å². The molecule has 0 atom stereocenters. The first kappa shape index (κ1) is 14.3. The van der Waals surface area contributed by atoms with Crippen LogP contribution in [0, 0.1) is 22.9 Å². The number of nitro groups is 1. The van der Waals surface area contributed by atoms with E-state index in [-0.39, 0.29) is 5.56 Å². The Morgan fingerprint density at radius 2 is 2.14 bits per heavy atom. The van der Waals surface area contributed by atoms with Gasteiger partial charge >= 0.3 is 5.97 Å². The summed E-state index contributed by atoms with van der Waals surface area (Å²) < 4.78 is 14.6. The molecule has 0 aliphatic carbocycles. The second-order valence-corrected chi connectivity index (χ2v) is 4.10. The normalized spacial score (nSPS) is 10.4. The number of nitro benzene ring substituents is 1. The van der Waals surface area contributed by atoms with E-state index in [1.807, 2.05) is 0 Å². The molecule has 0 fully saturated rings. The number of hydrogen-bond donors (Lipinski definition) is 1. The van der Waals surface area contributed by atoms with Crippen molar-refractivity contribution in [1.29, 1.82) is 0 Å². The summed E-state index contributed by atoms with van der Waals surface area (Å²) in [4.78, 5) is 32.7. The summed E-state index contributed by atoms with van der Waals surface area (Å²) in [7, 11) is 0. The first-order valence-electron chi connectivity index (χ1n) is 5.60. The topological polar surface area (TPSA) is 115 Å². The summed E-state index contributed by atoms with van der Waals surface area (Å²) in [6.45, 7) is 1.31. The molecule has 0 saturated heterocycles. The van der Waals surface area contributed by atoms with Crippen molar-refractivity contribution in [2.45, 2.75) is 6.92 Å². The minimum atomic E-state index is -1.60. The Morgan fingerprint density at radius 3 is 2.71 bits per heavy atom. The van der Waals surface area contributed by atoms with E-state index in [2.05, 4.69) is 5.10 Å². The highest BCUT2D eigenvalue weighted by Crippen LogP contribution is 2.24. The van der Waals surface area contributed by atoms with Crippen LogP contribution in [0.3, 0.4) is 0 Å². The van der Waals surface area contributed by atoms with Crippen LogP contribution in [0.25, 0.3) is 5.69 Å². The molecule has 0 radical (unpaired) electrons. The highest BCUT2D eigenvalue weighted by atomic mass is 19.1. The number of carboxylic acids is 1. The molecule has 1 aromatic heterocycles. The van der Waals surface area contributed by atoms with Crippen LogP contribution in [0.5, 0.6) is 0 Å². The SMILES string of the molecule is Cc1cn(-c2c(F)cccc2[N+](=O)[O-])nc(C(=O)O)c1=O. The number of aromatic nitrogens is 2. The number of hydrogen-bond acceptors (Lipinski definition) is 5. The van der Waals surface area contributed by atoms with Gasteiger partial charge in [0.05, 0.1) is 4.92 Å². The van der Waals surface area contributed by atoms with E-state index in [1.54, 1.807) is 0 Å². The second kappa shape index (κ2) is 5.12. The molecule has 0 amide bonds. The molecular formula is C12H8FN3O5. The molecular weight excluding hydrogens is 285 g/mol. The van der Waals surface area contributed by atoms with E-state index in [9.17, 15) is 24.1 Å². The molecule has 1 aromatic carbocycles. The maximum atomic E-state index is 13.9. The lowest BCUT2D eigenvalue weighted by molar-refractivity contribution is -0.384. The van der Waals surface area contributed by atoms with Gasteiger partial charge in [-0.05, 0) is 13.0 Å². The molecule has 0 aliphatic rings. The number of halogens is 1. The fraction of sp³-hybridized carbons (Fsp3) is 0.0833. The largest absolute Gasteiger partial charge is 0.476 e. The lowest BCUT2D eigenvalue weighted by atomic mass is 10.2. The number of nitrogens with zero attached hydrogens (tertiary/aromatic N) is 3. The molecule has 2 aromatic rings. The Labute approximate surface area is 116 Å². The van der Waals surface area contributed by atoms with Crippen LogP contribution in [-0.2, 0) is 0 Å². The lowest BCUT2D eigenvalue weighted by Gasteiger charge is -2.09. The van der Waals surface area contributed by atoms with Gasteiger partial charge in [-0.1, -0.05) is 6.07 Å². The molecule has 0 spiro atoms. The molecule has 108 valence electrons. The molecule has 1 N–H and O–H groups in total. The predicted octanol–water partition coefficient (Wildman–Crippen LogP) is 1.29. The maximum absolute atomic E-state index is 13.9. The summed E-state index contributed by atoms with van der Waals surface area (Å²) in [5, 5.41) is 23.3. The fourth-order valence-corrected chi connectivity index (χ4v) is 1.74. The Bertz CT molecular complexity index is 815. The molecule has 9 heteroatoms. The highest BCUT2D eigenvalue weighted by molar-refractivity contribution is 5.85. The van der Waals surface area contributed by atoms with Crippen molar-refractivity contribution >= 4 is 11.7 Å². The number of aryl methyl sites for hydroxylation is 1. The fourth-order valence-electron chi connectivity index (χ4n) is 1.74. The van der Waals surface area contributed by atoms with Gasteiger partial charge in [0.2, 0.25) is 11.1 Å². The smallest absolute Gasteiger partial charge is 0.360 e. The summed E-state index contributed by atoms with van der Waals surface area (Å²) >= 11 is 0. The lowest BCUT2D eigenvalue weighted by Crippen LogP contribution is -2.24. The van der Waals surface area contributed by atoms with Crippen LogP contribution in [-0.4, -0.2) is 25.8 Å². The summed E-state index contributed by atoms with van der Waals surface area (Å²) in [6, 6.07) is 3.16. The first-order valence-corrected chi connectivity index (χ1v) is 5.60. The highest BCUT2D eigenvalue weighted by Gasteiger charge is 2.22. The minimum absolute atomic E-state index is 0.0278. The van der Waals surface area contributed by atoms with Crippen LogP contribution in [0.1, 0.15) is 16.1 Å². The van der Waals surface area contributed by atoms with Crippen molar-refractivity contribution in [1.82, 2.24) is 9.78 Å². The van der Waals surface area contributed by atoms with E-state index >= 15 is 0 Å². The zero-order valence-electron chi connectivity index (χ0n) is 10.6. The van der Waals surface area contributed by atoms with E-state index in [4.69, 9.17) is 5.11 Å². The van der Waals surface area contributed by atoms with Gasteiger partial charge in [-0.15, -0.1) is 0 Å². The molecule has 0 aliphatic heterocycles. The average Bonchev–Trinajstić information content (AvgIpc) is 2.41. The first-order chi connectivity index (χ1) is 9.82. The molecule has 0 unspecified atom stereocenters. The Morgan fingerprint density at radius 1 is 1.48 bits per heavy atom. The van der Waals surface area contributed by atoms with Crippen molar-refractivity contribution < 1.29 is 19.2 Å². The van der Waals surface area contributed by atoms with Gasteiger partial charge in [-0.3, -0.25) is 14.9 Å². The standard InChI is InChI=1S/C12H8FN3O5/c1-6-5-15(14-9(11(6)17)12(18)19)10-7(13)3-2-4-8(10)16(20)21/h2-5H,1H3,(H,18,19). The number of para-hydroxylation sites is 1. The third kappa shape index (κ3) is 2.48. The molecule has 2 rings (SSSR count). The van der Waals surface area contributed by atoms with Gasteiger partial charge in [0, 0.05) is 17.8 Å². The molecule has 8 nitrogen and oxygen atoms in total. The van der Waals surface area contributed by atoms with Crippen LogP contribution >= 0.6 is 0 Å². The number of carbonyl (C=O) groups is 1. The van der Waals surface area contributed by atoms with Gasteiger partial charge in [0.25, 0.3) is 5.69 Å². The molecule has 1 heterocycles. The number of benzene rings is 1. The Hall–Kier alpha value is -3.10. The van der Waals surface area contributed by atoms with Gasteiger partial charge in [-0.2, -0.15) is 5.10 Å². The van der Waals surface area contributed by atoms with Gasteiger partial charge in [-0.25, -0.2) is 13.9 Å². The van der Waals surface area contributed by atoms with Crippen LogP contribution < -0.4 is 5.43 Å². The minimum Gasteiger partial charge on any atom is -0.476 e. The second-order valence-electron chi connectivity index (χ2n) is 4.10. The molecule has 0 bridgehead atoms. The third-order valence-electron chi connectivity index (χ3n) is 2.69. The van der Waals surface area contributed by atoms with E-state index < -0.39 is 39.2 Å². The quantitative estimate of drug-likeness (QED) is 0.673. The van der Waals surface area contributed by atoms with Crippen LogP contribution in [0.15, 0.2) is 29.2 Å². The van der Waals surface area contributed by atoms with Gasteiger partial charge in [0.1, 0.15) is 0 Å². The third-order valence-corrected chi connectivity index (χ3v) is 2.69. The van der Waals surface area contributed by atoms with Crippen molar-refractivity contribution in [3.8, 4) is 5.69 Å². The van der Waals surface area contributed by atoms with Crippen LogP contribution in [0.4, 0.5) is 10.1 Å². The predicted molar refractivity (Wildman–Crippen MR) is 68.1 cm³/mol. The Balaban J connectivity index is 2.83. The summed E-state index contributed by atoms with van der Waals surface area (Å²) in [5.74, 6) is -2.56. The van der Waals surface area contributed by atoms with Gasteiger partial charge < -0.3 is 5.11 Å². The summed E-state index contributed by atoms with van der Waals surface area (Å²) in [6.07, 6.45) is 1.04. The number of aromatic carboxylic acids is 1.